The zero-order chi connectivity index (χ0) is 16.7. The quantitative estimate of drug-likeness (QED) is 0.832. The fraction of sp³-hybridized carbons (Fsp3) is 0.588. The number of hydrogen-bond donors (Lipinski definition) is 0. The molecule has 24 heavy (non-hydrogen) atoms. The minimum atomic E-state index is -0.172. The lowest BCUT2D eigenvalue weighted by atomic mass is 10.0. The maximum absolute atomic E-state index is 13.0. The van der Waals surface area contributed by atoms with Crippen LogP contribution in [0.15, 0.2) is 18.3 Å². The molecule has 0 radical (unpaired) electrons. The molecule has 0 N–H and O–H groups in total. The Balaban J connectivity index is 1.63. The van der Waals surface area contributed by atoms with Crippen molar-refractivity contribution >= 4 is 5.91 Å². The molecule has 1 amide bonds. The predicted octanol–water partition coefficient (Wildman–Crippen LogP) is 1.41. The molecule has 1 fully saturated rings. The Morgan fingerprint density at radius 2 is 2.25 bits per heavy atom. The number of fused-ring (bicyclic) bond motifs is 1. The number of carbonyl (C=O) groups excluding carboxylic acids is 1. The minimum absolute atomic E-state index is 0.0203. The minimum Gasteiger partial charge on any atom is -0.382 e. The fourth-order valence-electron chi connectivity index (χ4n) is 3.48. The molecule has 3 heterocycles. The second-order valence-corrected chi connectivity index (χ2v) is 6.77. The number of carbonyl (C=O) groups is 1. The third kappa shape index (κ3) is 2.62. The van der Waals surface area contributed by atoms with Crippen LogP contribution in [-0.2, 0) is 24.8 Å². The van der Waals surface area contributed by atoms with Crippen molar-refractivity contribution in [3.8, 4) is 0 Å². The molecule has 4 rings (SSSR count). The van der Waals surface area contributed by atoms with Gasteiger partial charge in [-0.3, -0.25) is 4.79 Å². The van der Waals surface area contributed by atoms with E-state index in [4.69, 9.17) is 4.74 Å². The molecule has 0 spiro atoms. The summed E-state index contributed by atoms with van der Waals surface area (Å²) in [4.78, 5) is 14.8. The normalized spacial score (nSPS) is 20.2. The third-order valence-electron chi connectivity index (χ3n) is 5.03. The van der Waals surface area contributed by atoms with Gasteiger partial charge in [-0.25, -0.2) is 4.68 Å². The first-order chi connectivity index (χ1) is 11.7. The topological polar surface area (TPSA) is 65.2 Å². The van der Waals surface area contributed by atoms with Crippen molar-refractivity contribution in [2.75, 3.05) is 20.3 Å². The molecule has 0 unspecified atom stereocenters. The van der Waals surface area contributed by atoms with Crippen molar-refractivity contribution in [2.24, 2.45) is 13.0 Å². The Morgan fingerprint density at radius 3 is 2.92 bits per heavy atom. The molecule has 2 aromatic rings. The van der Waals surface area contributed by atoms with Crippen LogP contribution in [0.5, 0.6) is 0 Å². The summed E-state index contributed by atoms with van der Waals surface area (Å²) >= 11 is 0. The van der Waals surface area contributed by atoms with Gasteiger partial charge in [-0.05, 0) is 30.9 Å². The fourth-order valence-corrected chi connectivity index (χ4v) is 3.48. The molecular weight excluding hydrogens is 306 g/mol. The van der Waals surface area contributed by atoms with Gasteiger partial charge in [0.15, 0.2) is 0 Å². The van der Waals surface area contributed by atoms with E-state index in [-0.39, 0.29) is 11.9 Å². The van der Waals surface area contributed by atoms with Gasteiger partial charge in [0, 0.05) is 39.9 Å². The van der Waals surface area contributed by atoms with Crippen LogP contribution in [-0.4, -0.2) is 50.6 Å². The Morgan fingerprint density at radius 1 is 1.42 bits per heavy atom. The Bertz CT molecular complexity index is 746. The number of hydrogen-bond acceptors (Lipinski definition) is 4. The summed E-state index contributed by atoms with van der Waals surface area (Å²) in [5.41, 5.74) is 2.75. The molecule has 0 saturated heterocycles. The highest BCUT2D eigenvalue weighted by Gasteiger charge is 2.36. The molecule has 2 aliphatic rings. The Labute approximate surface area is 141 Å². The van der Waals surface area contributed by atoms with Crippen LogP contribution in [0.4, 0.5) is 0 Å². The molecule has 1 saturated carbocycles. The number of aryl methyl sites for hydroxylation is 1. The number of nitrogens with zero attached hydrogens (tertiary/aromatic N) is 5. The van der Waals surface area contributed by atoms with Crippen LogP contribution in [0, 0.1) is 5.92 Å². The number of ether oxygens (including phenoxy) is 1. The molecule has 0 aromatic carbocycles. The van der Waals surface area contributed by atoms with E-state index in [9.17, 15) is 4.79 Å². The van der Waals surface area contributed by atoms with Crippen molar-refractivity contribution in [1.82, 2.24) is 24.5 Å². The van der Waals surface area contributed by atoms with Gasteiger partial charge >= 0.3 is 0 Å². The Hall–Kier alpha value is -2.15. The molecule has 2 aromatic heterocycles. The summed E-state index contributed by atoms with van der Waals surface area (Å²) in [6.45, 7) is 2.06. The predicted molar refractivity (Wildman–Crippen MR) is 87.5 cm³/mol. The highest BCUT2D eigenvalue weighted by Crippen LogP contribution is 2.34. The summed E-state index contributed by atoms with van der Waals surface area (Å²) in [7, 11) is 3.55. The lowest BCUT2D eigenvalue weighted by Crippen LogP contribution is -2.43. The van der Waals surface area contributed by atoms with E-state index in [0.29, 0.717) is 18.8 Å². The first-order valence-corrected chi connectivity index (χ1v) is 8.52. The van der Waals surface area contributed by atoms with Crippen molar-refractivity contribution < 1.29 is 9.53 Å². The average molecular weight is 329 g/mol. The van der Waals surface area contributed by atoms with Crippen LogP contribution in [0.25, 0.3) is 0 Å². The Kier molecular flexibility index (Phi) is 3.88. The standard InChI is InChI=1S/C17H23N5O2/c1-20-8-3-4-14(20)17(23)21-9-7-13-16(15(21)11-24-2)18-19-22(13)10-12-5-6-12/h3-4,8,12,15H,5-7,9-11H2,1-2H3/t15-/m1/s1. The van der Waals surface area contributed by atoms with Crippen molar-refractivity contribution in [2.45, 2.75) is 31.8 Å². The van der Waals surface area contributed by atoms with Gasteiger partial charge in [-0.2, -0.15) is 0 Å². The molecule has 7 heteroatoms. The zero-order valence-corrected chi connectivity index (χ0v) is 14.2. The van der Waals surface area contributed by atoms with Gasteiger partial charge in [0.1, 0.15) is 17.4 Å². The van der Waals surface area contributed by atoms with E-state index in [0.717, 1.165) is 24.6 Å². The summed E-state index contributed by atoms with van der Waals surface area (Å²) in [5, 5.41) is 8.76. The van der Waals surface area contributed by atoms with E-state index < -0.39 is 0 Å². The van der Waals surface area contributed by atoms with E-state index in [1.54, 1.807) is 7.11 Å². The van der Waals surface area contributed by atoms with Crippen LogP contribution >= 0.6 is 0 Å². The molecule has 0 bridgehead atoms. The van der Waals surface area contributed by atoms with Crippen molar-refractivity contribution in [3.63, 3.8) is 0 Å². The first kappa shape index (κ1) is 15.4. The van der Waals surface area contributed by atoms with E-state index >= 15 is 0 Å². The molecule has 128 valence electrons. The number of methoxy groups -OCH3 is 1. The summed E-state index contributed by atoms with van der Waals surface area (Å²) in [6.07, 6.45) is 5.26. The first-order valence-electron chi connectivity index (χ1n) is 8.52. The van der Waals surface area contributed by atoms with Crippen LogP contribution in [0.1, 0.15) is 40.8 Å². The van der Waals surface area contributed by atoms with E-state index in [1.165, 1.54) is 18.5 Å². The van der Waals surface area contributed by atoms with E-state index in [2.05, 4.69) is 10.3 Å². The van der Waals surface area contributed by atoms with Gasteiger partial charge in [0.25, 0.3) is 5.91 Å². The van der Waals surface area contributed by atoms with Crippen molar-refractivity contribution in [1.29, 1.82) is 0 Å². The van der Waals surface area contributed by atoms with Crippen LogP contribution < -0.4 is 0 Å². The molecule has 1 aliphatic carbocycles. The highest BCUT2D eigenvalue weighted by atomic mass is 16.5. The van der Waals surface area contributed by atoms with Crippen LogP contribution in [0.2, 0.25) is 0 Å². The number of aromatic nitrogens is 4. The smallest absolute Gasteiger partial charge is 0.271 e. The zero-order valence-electron chi connectivity index (χ0n) is 14.2. The average Bonchev–Trinajstić information content (AvgIpc) is 3.14. The molecule has 1 atom stereocenters. The lowest BCUT2D eigenvalue weighted by Gasteiger charge is -2.34. The van der Waals surface area contributed by atoms with Gasteiger partial charge in [-0.15, -0.1) is 5.10 Å². The maximum Gasteiger partial charge on any atom is 0.271 e. The summed E-state index contributed by atoms with van der Waals surface area (Å²) < 4.78 is 9.29. The summed E-state index contributed by atoms with van der Waals surface area (Å²) in [5.74, 6) is 0.770. The van der Waals surface area contributed by atoms with Gasteiger partial charge in [0.2, 0.25) is 0 Å². The second-order valence-electron chi connectivity index (χ2n) is 6.77. The SMILES string of the molecule is COC[C@@H]1c2nnn(CC3CC3)c2CCN1C(=O)c1cccn1C. The number of amides is 1. The second kappa shape index (κ2) is 6.05. The van der Waals surface area contributed by atoms with Gasteiger partial charge in [-0.1, -0.05) is 5.21 Å². The lowest BCUT2D eigenvalue weighted by molar-refractivity contribution is 0.0481. The molecular formula is C17H23N5O2. The summed E-state index contributed by atoms with van der Waals surface area (Å²) in [6, 6.07) is 3.57. The van der Waals surface area contributed by atoms with Gasteiger partial charge < -0.3 is 14.2 Å². The van der Waals surface area contributed by atoms with Crippen LogP contribution in [0.3, 0.4) is 0 Å². The third-order valence-corrected chi connectivity index (χ3v) is 5.03. The molecule has 7 nitrogen and oxygen atoms in total. The van der Waals surface area contributed by atoms with Gasteiger partial charge in [0.05, 0.1) is 12.3 Å². The number of rotatable bonds is 5. The molecule has 1 aliphatic heterocycles. The van der Waals surface area contributed by atoms with Crippen molar-refractivity contribution in [3.05, 3.63) is 35.4 Å². The van der Waals surface area contributed by atoms with E-state index in [1.807, 2.05) is 39.5 Å². The highest BCUT2D eigenvalue weighted by molar-refractivity contribution is 5.93. The maximum atomic E-state index is 13.0. The largest absolute Gasteiger partial charge is 0.382 e. The monoisotopic (exact) mass is 329 g/mol.